The molecule has 4 aromatic rings. The van der Waals surface area contributed by atoms with E-state index in [1.165, 1.54) is 0 Å². The first-order chi connectivity index (χ1) is 15.7. The maximum atomic E-state index is 12.1. The second-order valence-electron chi connectivity index (χ2n) is 7.31. The van der Waals surface area contributed by atoms with Gasteiger partial charge in [-0.3, -0.25) is 10.2 Å². The van der Waals surface area contributed by atoms with Crippen LogP contribution in [0.2, 0.25) is 0 Å². The van der Waals surface area contributed by atoms with Gasteiger partial charge in [0.05, 0.1) is 12.3 Å². The molecule has 162 valence electrons. The summed E-state index contributed by atoms with van der Waals surface area (Å²) < 4.78 is 11.7. The molecule has 0 atom stereocenters. The smallest absolute Gasteiger partial charge is 0.265 e. The van der Waals surface area contributed by atoms with Gasteiger partial charge >= 0.3 is 0 Å². The largest absolute Gasteiger partial charge is 0.493 e. The number of rotatable bonds is 9. The Morgan fingerprint density at radius 3 is 2.50 bits per heavy atom. The summed E-state index contributed by atoms with van der Waals surface area (Å²) in [4.78, 5) is 16.7. The van der Waals surface area contributed by atoms with Gasteiger partial charge in [-0.1, -0.05) is 48.5 Å². The van der Waals surface area contributed by atoms with E-state index in [1.807, 2.05) is 79.7 Å². The Bertz CT molecular complexity index is 1160. The van der Waals surface area contributed by atoms with Crippen LogP contribution in [-0.4, -0.2) is 17.5 Å². The van der Waals surface area contributed by atoms with Gasteiger partial charge < -0.3 is 9.15 Å². The maximum absolute atomic E-state index is 12.1. The second-order valence-corrected chi connectivity index (χ2v) is 7.31. The first-order valence-electron chi connectivity index (χ1n) is 10.5. The van der Waals surface area contributed by atoms with Gasteiger partial charge in [0.15, 0.2) is 0 Å². The number of hydrogen-bond donors (Lipinski definition) is 2. The number of carbonyl (C=O) groups excluding carboxylic acids is 1. The van der Waals surface area contributed by atoms with E-state index >= 15 is 0 Å². The number of ether oxygens (including phenoxy) is 1. The van der Waals surface area contributed by atoms with Crippen molar-refractivity contribution in [1.82, 2.24) is 15.8 Å². The minimum Gasteiger partial charge on any atom is -0.493 e. The number of nitrogens with zero attached hydrogens (tertiary/aromatic N) is 1. The Kier molecular flexibility index (Phi) is 6.94. The van der Waals surface area contributed by atoms with Crippen molar-refractivity contribution < 1.29 is 13.9 Å². The van der Waals surface area contributed by atoms with Gasteiger partial charge in [0.1, 0.15) is 11.5 Å². The minimum absolute atomic E-state index is 0.171. The standard InChI is InChI=1S/C26H25N3O3/c1-19-24(28-26(32-19)22-12-6-3-7-13-22)15-16-31-23-14-8-9-20(17-23)18-27-29-25(30)21-10-4-2-5-11-21/h2-14,17,27H,15-16,18H2,1H3,(H,29,30). The molecule has 0 fully saturated rings. The van der Waals surface area contributed by atoms with Crippen molar-refractivity contribution in [3.05, 3.63) is 108 Å². The second kappa shape index (κ2) is 10.4. The summed E-state index contributed by atoms with van der Waals surface area (Å²) >= 11 is 0. The van der Waals surface area contributed by atoms with Crippen molar-refractivity contribution in [3.8, 4) is 17.2 Å². The lowest BCUT2D eigenvalue weighted by Gasteiger charge is -2.10. The number of oxazole rings is 1. The molecule has 0 aliphatic carbocycles. The molecule has 0 bridgehead atoms. The molecule has 1 heterocycles. The number of hydrogen-bond acceptors (Lipinski definition) is 5. The molecule has 1 aromatic heterocycles. The zero-order chi connectivity index (χ0) is 22.2. The third-order valence-electron chi connectivity index (χ3n) is 4.95. The Balaban J connectivity index is 1.26. The van der Waals surface area contributed by atoms with E-state index in [9.17, 15) is 4.79 Å². The lowest BCUT2D eigenvalue weighted by Crippen LogP contribution is -2.36. The zero-order valence-corrected chi connectivity index (χ0v) is 17.9. The number of aryl methyl sites for hydroxylation is 1. The van der Waals surface area contributed by atoms with Crippen molar-refractivity contribution in [2.75, 3.05) is 6.61 Å². The summed E-state index contributed by atoms with van der Waals surface area (Å²) in [5, 5.41) is 0. The summed E-state index contributed by atoms with van der Waals surface area (Å²) in [5.41, 5.74) is 9.12. The number of nitrogens with one attached hydrogen (secondary N) is 2. The first kappa shape index (κ1) is 21.3. The third kappa shape index (κ3) is 5.62. The predicted octanol–water partition coefficient (Wildman–Crippen LogP) is 4.71. The molecule has 0 saturated carbocycles. The van der Waals surface area contributed by atoms with Crippen molar-refractivity contribution >= 4 is 5.91 Å². The molecule has 6 heteroatoms. The average molecular weight is 428 g/mol. The van der Waals surface area contributed by atoms with Crippen LogP contribution in [0.1, 0.15) is 27.4 Å². The normalized spacial score (nSPS) is 10.7. The fourth-order valence-electron chi connectivity index (χ4n) is 3.26. The average Bonchev–Trinajstić information content (AvgIpc) is 3.21. The van der Waals surface area contributed by atoms with Crippen LogP contribution in [0.15, 0.2) is 89.3 Å². The Morgan fingerprint density at radius 1 is 0.969 bits per heavy atom. The Morgan fingerprint density at radius 2 is 1.72 bits per heavy atom. The molecule has 3 aromatic carbocycles. The van der Waals surface area contributed by atoms with E-state index in [-0.39, 0.29) is 5.91 Å². The maximum Gasteiger partial charge on any atom is 0.265 e. The zero-order valence-electron chi connectivity index (χ0n) is 17.9. The predicted molar refractivity (Wildman–Crippen MR) is 123 cm³/mol. The SMILES string of the molecule is Cc1oc(-c2ccccc2)nc1CCOc1cccc(CNNC(=O)c2ccccc2)c1. The van der Waals surface area contributed by atoms with E-state index in [0.717, 1.165) is 28.3 Å². The van der Waals surface area contributed by atoms with Crippen LogP contribution in [-0.2, 0) is 13.0 Å². The summed E-state index contributed by atoms with van der Waals surface area (Å²) in [6.07, 6.45) is 0.651. The highest BCUT2D eigenvalue weighted by Crippen LogP contribution is 2.22. The van der Waals surface area contributed by atoms with Gasteiger partial charge in [0.2, 0.25) is 5.89 Å². The van der Waals surface area contributed by atoms with E-state index in [4.69, 9.17) is 9.15 Å². The molecule has 0 saturated heterocycles. The van der Waals surface area contributed by atoms with Crippen molar-refractivity contribution in [2.45, 2.75) is 19.9 Å². The van der Waals surface area contributed by atoms with Crippen LogP contribution in [0.25, 0.3) is 11.5 Å². The Hall–Kier alpha value is -3.90. The fraction of sp³-hybridized carbons (Fsp3) is 0.154. The molecule has 2 N–H and O–H groups in total. The molecule has 4 rings (SSSR count). The quantitative estimate of drug-likeness (QED) is 0.379. The number of hydrazine groups is 1. The molecule has 0 radical (unpaired) electrons. The number of benzene rings is 3. The number of aromatic nitrogens is 1. The molecule has 0 aliphatic heterocycles. The molecular weight excluding hydrogens is 402 g/mol. The number of amides is 1. The molecule has 0 unspecified atom stereocenters. The summed E-state index contributed by atoms with van der Waals surface area (Å²) in [7, 11) is 0. The van der Waals surface area contributed by atoms with Crippen LogP contribution in [0, 0.1) is 6.92 Å². The highest BCUT2D eigenvalue weighted by atomic mass is 16.5. The van der Waals surface area contributed by atoms with Gasteiger partial charge in [-0.15, -0.1) is 0 Å². The van der Waals surface area contributed by atoms with Crippen LogP contribution in [0.4, 0.5) is 0 Å². The highest BCUT2D eigenvalue weighted by Gasteiger charge is 2.11. The van der Waals surface area contributed by atoms with Gasteiger partial charge in [0.25, 0.3) is 5.91 Å². The molecular formula is C26H25N3O3. The molecule has 0 spiro atoms. The summed E-state index contributed by atoms with van der Waals surface area (Å²) in [6, 6.07) is 26.7. The molecule has 0 aliphatic rings. The summed E-state index contributed by atoms with van der Waals surface area (Å²) in [6.45, 7) is 2.90. The van der Waals surface area contributed by atoms with Gasteiger partial charge in [-0.2, -0.15) is 0 Å². The van der Waals surface area contributed by atoms with Crippen molar-refractivity contribution in [3.63, 3.8) is 0 Å². The Labute approximate surface area is 187 Å². The third-order valence-corrected chi connectivity index (χ3v) is 4.95. The molecule has 32 heavy (non-hydrogen) atoms. The van der Waals surface area contributed by atoms with Crippen molar-refractivity contribution in [1.29, 1.82) is 0 Å². The molecule has 1 amide bonds. The van der Waals surface area contributed by atoms with Crippen LogP contribution >= 0.6 is 0 Å². The van der Waals surface area contributed by atoms with Crippen LogP contribution < -0.4 is 15.6 Å². The monoisotopic (exact) mass is 427 g/mol. The van der Waals surface area contributed by atoms with Crippen LogP contribution in [0.5, 0.6) is 5.75 Å². The van der Waals surface area contributed by atoms with Crippen LogP contribution in [0.3, 0.4) is 0 Å². The van der Waals surface area contributed by atoms with E-state index < -0.39 is 0 Å². The van der Waals surface area contributed by atoms with E-state index in [0.29, 0.717) is 31.0 Å². The number of carbonyl (C=O) groups is 1. The van der Waals surface area contributed by atoms with Crippen molar-refractivity contribution in [2.24, 2.45) is 0 Å². The van der Waals surface area contributed by atoms with E-state index in [1.54, 1.807) is 12.1 Å². The van der Waals surface area contributed by atoms with E-state index in [2.05, 4.69) is 15.8 Å². The summed E-state index contributed by atoms with van der Waals surface area (Å²) in [5.74, 6) is 2.03. The van der Waals surface area contributed by atoms with Gasteiger partial charge in [-0.25, -0.2) is 10.4 Å². The molecule has 6 nitrogen and oxygen atoms in total. The first-order valence-corrected chi connectivity index (χ1v) is 10.5. The fourth-order valence-corrected chi connectivity index (χ4v) is 3.26. The lowest BCUT2D eigenvalue weighted by molar-refractivity contribution is 0.0932. The highest BCUT2D eigenvalue weighted by molar-refractivity contribution is 5.93. The van der Waals surface area contributed by atoms with Gasteiger partial charge in [0, 0.05) is 24.1 Å². The van der Waals surface area contributed by atoms with Gasteiger partial charge in [-0.05, 0) is 48.9 Å². The minimum atomic E-state index is -0.171. The topological polar surface area (TPSA) is 76.4 Å². The lowest BCUT2D eigenvalue weighted by atomic mass is 10.2.